The van der Waals surface area contributed by atoms with Crippen molar-refractivity contribution in [3.63, 3.8) is 0 Å². The molecule has 0 heterocycles. The van der Waals surface area contributed by atoms with Crippen LogP contribution in [0.15, 0.2) is 0 Å². The molecule has 1 unspecified atom stereocenters. The van der Waals surface area contributed by atoms with E-state index in [0.29, 0.717) is 19.0 Å². The van der Waals surface area contributed by atoms with E-state index in [2.05, 4.69) is 13.8 Å². The second-order valence-corrected chi connectivity index (χ2v) is 3.20. The zero-order valence-electron chi connectivity index (χ0n) is 7.97. The van der Waals surface area contributed by atoms with Gasteiger partial charge < -0.3 is 10.3 Å². The zero-order valence-corrected chi connectivity index (χ0v) is 7.97. The van der Waals surface area contributed by atoms with Gasteiger partial charge in [-0.2, -0.15) is 0 Å². The maximum absolute atomic E-state index is 10.8. The Morgan fingerprint density at radius 1 is 1.27 bits per heavy atom. The molecule has 0 fully saturated rings. The van der Waals surface area contributed by atoms with Gasteiger partial charge in [-0.15, -0.1) is 0 Å². The number of hydroxylamine groups is 2. The Kier molecular flexibility index (Phi) is 6.57. The van der Waals surface area contributed by atoms with Gasteiger partial charge in [0.15, 0.2) is 0 Å². The first-order valence-corrected chi connectivity index (χ1v) is 4.62. The minimum atomic E-state index is 0.624. The van der Waals surface area contributed by atoms with Gasteiger partial charge in [-0.1, -0.05) is 33.6 Å². The summed E-state index contributed by atoms with van der Waals surface area (Å²) in [5.41, 5.74) is 0. The van der Waals surface area contributed by atoms with Gasteiger partial charge in [-0.25, -0.2) is 0 Å². The molecule has 1 atom stereocenters. The Morgan fingerprint density at radius 3 is 2.36 bits per heavy atom. The minimum absolute atomic E-state index is 0.624. The third-order valence-corrected chi connectivity index (χ3v) is 2.01. The fourth-order valence-corrected chi connectivity index (χ4v) is 1.16. The molecule has 2 nitrogen and oxygen atoms in total. The summed E-state index contributed by atoms with van der Waals surface area (Å²) < 4.78 is 0. The standard InChI is InChI=1S/C9H20NO/c1-4-6-9(3)7-8-10(11)5-2/h9H,4-8H2,1-3H3/q-1. The lowest BCUT2D eigenvalue weighted by Crippen LogP contribution is -2.18. The van der Waals surface area contributed by atoms with E-state index in [0.717, 1.165) is 11.5 Å². The third kappa shape index (κ3) is 6.32. The van der Waals surface area contributed by atoms with Gasteiger partial charge in [0.1, 0.15) is 0 Å². The van der Waals surface area contributed by atoms with Gasteiger partial charge >= 0.3 is 0 Å². The lowest BCUT2D eigenvalue weighted by atomic mass is 10.0. The van der Waals surface area contributed by atoms with Crippen LogP contribution in [-0.4, -0.2) is 18.2 Å². The van der Waals surface area contributed by atoms with Crippen molar-refractivity contribution in [1.29, 1.82) is 0 Å². The molecule has 0 aromatic heterocycles. The molecule has 0 saturated heterocycles. The molecule has 0 N–H and O–H groups in total. The van der Waals surface area contributed by atoms with Crippen molar-refractivity contribution in [2.75, 3.05) is 13.1 Å². The van der Waals surface area contributed by atoms with Crippen LogP contribution in [0.1, 0.15) is 40.0 Å². The van der Waals surface area contributed by atoms with Crippen LogP contribution in [0, 0.1) is 11.1 Å². The molecule has 0 bridgehead atoms. The van der Waals surface area contributed by atoms with Crippen molar-refractivity contribution < 1.29 is 0 Å². The smallest absolute Gasteiger partial charge is 0.0142 e. The van der Waals surface area contributed by atoms with Crippen LogP contribution in [0.4, 0.5) is 0 Å². The van der Waals surface area contributed by atoms with Crippen molar-refractivity contribution in [2.24, 2.45) is 5.92 Å². The number of nitrogens with zero attached hydrogens (tertiary/aromatic N) is 1. The van der Waals surface area contributed by atoms with Crippen LogP contribution in [0.2, 0.25) is 0 Å². The maximum Gasteiger partial charge on any atom is -0.0142 e. The molecular formula is C9H20NO-. The lowest BCUT2D eigenvalue weighted by molar-refractivity contribution is 0.345. The predicted molar refractivity (Wildman–Crippen MR) is 49.3 cm³/mol. The summed E-state index contributed by atoms with van der Waals surface area (Å²) in [5.74, 6) is 0.711. The molecule has 0 radical (unpaired) electrons. The van der Waals surface area contributed by atoms with E-state index < -0.39 is 0 Å². The second-order valence-electron chi connectivity index (χ2n) is 3.20. The first-order chi connectivity index (χ1) is 5.20. The Labute approximate surface area is 70.2 Å². The van der Waals surface area contributed by atoms with E-state index in [-0.39, 0.29) is 0 Å². The third-order valence-electron chi connectivity index (χ3n) is 2.01. The number of hydrogen-bond donors (Lipinski definition) is 0. The summed E-state index contributed by atoms with van der Waals surface area (Å²) in [6.07, 6.45) is 3.52. The zero-order chi connectivity index (χ0) is 8.69. The van der Waals surface area contributed by atoms with Crippen LogP contribution >= 0.6 is 0 Å². The predicted octanol–water partition coefficient (Wildman–Crippen LogP) is 2.63. The topological polar surface area (TPSA) is 26.3 Å². The molecule has 0 rings (SSSR count). The van der Waals surface area contributed by atoms with Gasteiger partial charge in [-0.3, -0.25) is 0 Å². The van der Waals surface area contributed by atoms with Gasteiger partial charge in [0.2, 0.25) is 0 Å². The molecular weight excluding hydrogens is 138 g/mol. The van der Waals surface area contributed by atoms with Gasteiger partial charge in [0.25, 0.3) is 0 Å². The summed E-state index contributed by atoms with van der Waals surface area (Å²) in [4.78, 5) is 0. The van der Waals surface area contributed by atoms with E-state index in [1.54, 1.807) is 0 Å². The molecule has 0 aromatic carbocycles. The lowest BCUT2D eigenvalue weighted by Gasteiger charge is -2.27. The van der Waals surface area contributed by atoms with E-state index in [4.69, 9.17) is 0 Å². The molecule has 0 spiro atoms. The molecule has 0 aliphatic rings. The van der Waals surface area contributed by atoms with Crippen LogP contribution in [0.25, 0.3) is 0 Å². The normalized spacial score (nSPS) is 13.9. The van der Waals surface area contributed by atoms with Crippen LogP contribution in [-0.2, 0) is 0 Å². The largest absolute Gasteiger partial charge is 0.785 e. The molecule has 0 aliphatic carbocycles. The monoisotopic (exact) mass is 158 g/mol. The average Bonchev–Trinajstić information content (AvgIpc) is 2.01. The van der Waals surface area contributed by atoms with E-state index in [1.165, 1.54) is 12.8 Å². The molecule has 2 heteroatoms. The molecule has 11 heavy (non-hydrogen) atoms. The van der Waals surface area contributed by atoms with Crippen molar-refractivity contribution in [3.05, 3.63) is 5.21 Å². The summed E-state index contributed by atoms with van der Waals surface area (Å²) in [6.45, 7) is 7.63. The quantitative estimate of drug-likeness (QED) is 0.555. The van der Waals surface area contributed by atoms with Crippen LogP contribution in [0.5, 0.6) is 0 Å². The van der Waals surface area contributed by atoms with Crippen molar-refractivity contribution in [2.45, 2.75) is 40.0 Å². The Morgan fingerprint density at radius 2 is 1.91 bits per heavy atom. The Balaban J connectivity index is 3.22. The van der Waals surface area contributed by atoms with Crippen molar-refractivity contribution in [3.8, 4) is 0 Å². The average molecular weight is 158 g/mol. The van der Waals surface area contributed by atoms with Gasteiger partial charge in [-0.05, 0) is 25.4 Å². The highest BCUT2D eigenvalue weighted by atomic mass is 16.5. The highest BCUT2D eigenvalue weighted by Crippen LogP contribution is 2.09. The second kappa shape index (κ2) is 6.62. The summed E-state index contributed by atoms with van der Waals surface area (Å²) in [5, 5.41) is 12.0. The first kappa shape index (κ1) is 10.9. The summed E-state index contributed by atoms with van der Waals surface area (Å²) in [7, 11) is 0. The number of hydrogen-bond acceptors (Lipinski definition) is 2. The van der Waals surface area contributed by atoms with Crippen molar-refractivity contribution in [1.82, 2.24) is 5.06 Å². The Bertz CT molecular complexity index is 85.6. The molecule has 0 aliphatic heterocycles. The van der Waals surface area contributed by atoms with E-state index >= 15 is 0 Å². The fraction of sp³-hybridized carbons (Fsp3) is 1.00. The van der Waals surface area contributed by atoms with Gasteiger partial charge in [0.05, 0.1) is 0 Å². The fourth-order valence-electron chi connectivity index (χ4n) is 1.16. The SMILES string of the molecule is CCCC(C)CCN([O-])CC. The highest BCUT2D eigenvalue weighted by molar-refractivity contribution is 4.58. The molecule has 0 amide bonds. The summed E-state index contributed by atoms with van der Waals surface area (Å²) >= 11 is 0. The van der Waals surface area contributed by atoms with Crippen LogP contribution in [0.3, 0.4) is 0 Å². The van der Waals surface area contributed by atoms with Crippen LogP contribution < -0.4 is 0 Å². The van der Waals surface area contributed by atoms with E-state index in [1.807, 2.05) is 6.92 Å². The maximum atomic E-state index is 10.8. The first-order valence-electron chi connectivity index (χ1n) is 4.62. The van der Waals surface area contributed by atoms with Crippen molar-refractivity contribution >= 4 is 0 Å². The highest BCUT2D eigenvalue weighted by Gasteiger charge is 1.99. The molecule has 0 saturated carbocycles. The molecule has 0 aromatic rings. The Hall–Kier alpha value is -0.0800. The summed E-state index contributed by atoms with van der Waals surface area (Å²) in [6, 6.07) is 0. The van der Waals surface area contributed by atoms with E-state index in [9.17, 15) is 5.21 Å². The minimum Gasteiger partial charge on any atom is -0.785 e. The van der Waals surface area contributed by atoms with Gasteiger partial charge in [0, 0.05) is 0 Å². The molecule has 68 valence electrons. The number of rotatable bonds is 6.